The molecular formula is C18H31N3. The number of nitrogens with one attached hydrogen (secondary N) is 1. The fourth-order valence-electron chi connectivity index (χ4n) is 3.22. The molecule has 0 amide bonds. The predicted octanol–water partition coefficient (Wildman–Crippen LogP) is 3.74. The first-order valence-electron chi connectivity index (χ1n) is 8.40. The molecule has 0 aromatic carbocycles. The zero-order valence-corrected chi connectivity index (χ0v) is 14.3. The molecule has 1 saturated heterocycles. The first kappa shape index (κ1) is 16.3. The number of anilines is 1. The molecule has 118 valence electrons. The van der Waals surface area contributed by atoms with Crippen molar-refractivity contribution in [3.05, 3.63) is 23.9 Å². The highest BCUT2D eigenvalue weighted by Crippen LogP contribution is 2.27. The van der Waals surface area contributed by atoms with Crippen LogP contribution in [0.5, 0.6) is 0 Å². The summed E-state index contributed by atoms with van der Waals surface area (Å²) in [6, 6.07) is 5.52. The van der Waals surface area contributed by atoms with Crippen LogP contribution in [0.1, 0.15) is 59.4 Å². The number of piperidine rings is 1. The van der Waals surface area contributed by atoms with Gasteiger partial charge >= 0.3 is 0 Å². The largest absolute Gasteiger partial charge is 0.352 e. The van der Waals surface area contributed by atoms with Gasteiger partial charge in [-0.1, -0.05) is 33.8 Å². The average molecular weight is 289 g/mol. The Morgan fingerprint density at radius 3 is 2.67 bits per heavy atom. The Labute approximate surface area is 130 Å². The minimum atomic E-state index is 0.171. The Morgan fingerprint density at radius 1 is 1.33 bits per heavy atom. The van der Waals surface area contributed by atoms with Gasteiger partial charge in [0, 0.05) is 24.8 Å². The van der Waals surface area contributed by atoms with E-state index in [4.69, 9.17) is 4.98 Å². The molecule has 3 heteroatoms. The van der Waals surface area contributed by atoms with Crippen LogP contribution in [-0.4, -0.2) is 30.2 Å². The van der Waals surface area contributed by atoms with E-state index in [1.807, 2.05) is 0 Å². The normalized spacial score (nSPS) is 21.4. The molecule has 2 atom stereocenters. The molecule has 2 unspecified atom stereocenters. The van der Waals surface area contributed by atoms with Gasteiger partial charge in [-0.25, -0.2) is 4.98 Å². The lowest BCUT2D eigenvalue weighted by Gasteiger charge is -2.40. The fourth-order valence-corrected chi connectivity index (χ4v) is 3.22. The molecule has 2 heterocycles. The van der Waals surface area contributed by atoms with Crippen molar-refractivity contribution < 1.29 is 0 Å². The number of rotatable bonds is 4. The van der Waals surface area contributed by atoms with Gasteiger partial charge in [-0.05, 0) is 49.8 Å². The molecule has 0 spiro atoms. The van der Waals surface area contributed by atoms with Gasteiger partial charge in [0.2, 0.25) is 0 Å². The molecule has 2 rings (SSSR count). The van der Waals surface area contributed by atoms with Gasteiger partial charge in [-0.15, -0.1) is 0 Å². The second-order valence-electron chi connectivity index (χ2n) is 7.26. The predicted molar refractivity (Wildman–Crippen MR) is 91.1 cm³/mol. The number of hydrogen-bond donors (Lipinski definition) is 1. The van der Waals surface area contributed by atoms with Crippen molar-refractivity contribution in [2.75, 3.05) is 18.0 Å². The average Bonchev–Trinajstić information content (AvgIpc) is 2.47. The van der Waals surface area contributed by atoms with Crippen molar-refractivity contribution in [3.8, 4) is 0 Å². The number of aromatic nitrogens is 1. The molecule has 1 fully saturated rings. The van der Waals surface area contributed by atoms with Crippen LogP contribution in [0.3, 0.4) is 0 Å². The summed E-state index contributed by atoms with van der Waals surface area (Å²) in [5.74, 6) is 1.14. The van der Waals surface area contributed by atoms with Crippen LogP contribution in [0.25, 0.3) is 0 Å². The van der Waals surface area contributed by atoms with Crippen molar-refractivity contribution in [2.24, 2.45) is 0 Å². The Hall–Kier alpha value is -1.09. The number of pyridine rings is 1. The van der Waals surface area contributed by atoms with E-state index in [9.17, 15) is 0 Å². The third-order valence-corrected chi connectivity index (χ3v) is 4.56. The second-order valence-corrected chi connectivity index (χ2v) is 7.26. The Morgan fingerprint density at radius 2 is 2.10 bits per heavy atom. The number of hydrogen-bond acceptors (Lipinski definition) is 3. The molecule has 0 aliphatic carbocycles. The Kier molecular flexibility index (Phi) is 5.26. The molecule has 3 nitrogen and oxygen atoms in total. The third kappa shape index (κ3) is 3.97. The maximum Gasteiger partial charge on any atom is 0.128 e. The summed E-state index contributed by atoms with van der Waals surface area (Å²) in [5, 5.41) is 3.58. The van der Waals surface area contributed by atoms with Crippen molar-refractivity contribution >= 4 is 5.82 Å². The molecule has 1 aromatic rings. The van der Waals surface area contributed by atoms with Crippen LogP contribution in [0.2, 0.25) is 0 Å². The zero-order chi connectivity index (χ0) is 15.5. The molecule has 1 N–H and O–H groups in total. The van der Waals surface area contributed by atoms with Crippen LogP contribution in [0, 0.1) is 0 Å². The van der Waals surface area contributed by atoms with Gasteiger partial charge in [0.05, 0.1) is 0 Å². The van der Waals surface area contributed by atoms with Gasteiger partial charge in [0.1, 0.15) is 5.82 Å². The maximum absolute atomic E-state index is 4.76. The van der Waals surface area contributed by atoms with E-state index in [1.165, 1.54) is 24.8 Å². The topological polar surface area (TPSA) is 28.2 Å². The van der Waals surface area contributed by atoms with Gasteiger partial charge in [-0.3, -0.25) is 0 Å². The first-order valence-corrected chi connectivity index (χ1v) is 8.40. The van der Waals surface area contributed by atoms with Crippen molar-refractivity contribution in [1.82, 2.24) is 10.3 Å². The zero-order valence-electron chi connectivity index (χ0n) is 14.3. The third-order valence-electron chi connectivity index (χ3n) is 4.56. The van der Waals surface area contributed by atoms with Gasteiger partial charge in [0.25, 0.3) is 0 Å². The van der Waals surface area contributed by atoms with Crippen LogP contribution < -0.4 is 10.2 Å². The van der Waals surface area contributed by atoms with Crippen molar-refractivity contribution in [1.29, 1.82) is 0 Å². The summed E-state index contributed by atoms with van der Waals surface area (Å²) in [6.45, 7) is 13.3. The summed E-state index contributed by atoms with van der Waals surface area (Å²) in [6.07, 6.45) is 5.92. The summed E-state index contributed by atoms with van der Waals surface area (Å²) in [7, 11) is 0. The van der Waals surface area contributed by atoms with E-state index in [0.717, 1.165) is 18.9 Å². The second kappa shape index (κ2) is 6.78. The standard InChI is InChI=1S/C18H31N3/c1-6-19-14(2)16-9-7-8-12-21(16)17-11-10-15(13-20-17)18(3,4)5/h10-11,13-14,16,19H,6-9,12H2,1-5H3. The minimum absolute atomic E-state index is 0.171. The summed E-state index contributed by atoms with van der Waals surface area (Å²) < 4.78 is 0. The van der Waals surface area contributed by atoms with Crippen molar-refractivity contribution in [2.45, 2.75) is 71.4 Å². The van der Waals surface area contributed by atoms with Crippen LogP contribution in [0.4, 0.5) is 5.82 Å². The monoisotopic (exact) mass is 289 g/mol. The van der Waals surface area contributed by atoms with Gasteiger partial charge < -0.3 is 10.2 Å². The highest BCUT2D eigenvalue weighted by molar-refractivity contribution is 5.42. The Balaban J connectivity index is 2.17. The lowest BCUT2D eigenvalue weighted by atomic mass is 9.88. The molecule has 1 aliphatic rings. The van der Waals surface area contributed by atoms with E-state index in [-0.39, 0.29) is 5.41 Å². The first-order chi connectivity index (χ1) is 9.93. The van der Waals surface area contributed by atoms with Crippen LogP contribution in [0.15, 0.2) is 18.3 Å². The van der Waals surface area contributed by atoms with E-state index in [1.54, 1.807) is 0 Å². The lowest BCUT2D eigenvalue weighted by molar-refractivity contribution is 0.370. The van der Waals surface area contributed by atoms with E-state index in [0.29, 0.717) is 12.1 Å². The van der Waals surface area contributed by atoms with Gasteiger partial charge in [-0.2, -0.15) is 0 Å². The van der Waals surface area contributed by atoms with Crippen LogP contribution >= 0.6 is 0 Å². The molecule has 1 aliphatic heterocycles. The number of nitrogens with zero attached hydrogens (tertiary/aromatic N) is 2. The summed E-state index contributed by atoms with van der Waals surface area (Å²) in [4.78, 5) is 7.26. The molecule has 0 bridgehead atoms. The molecule has 0 radical (unpaired) electrons. The summed E-state index contributed by atoms with van der Waals surface area (Å²) in [5.41, 5.74) is 1.48. The highest BCUT2D eigenvalue weighted by atomic mass is 15.2. The maximum atomic E-state index is 4.76. The molecule has 0 saturated carbocycles. The van der Waals surface area contributed by atoms with Gasteiger partial charge in [0.15, 0.2) is 0 Å². The van der Waals surface area contributed by atoms with Crippen molar-refractivity contribution in [3.63, 3.8) is 0 Å². The smallest absolute Gasteiger partial charge is 0.128 e. The molecular weight excluding hydrogens is 258 g/mol. The number of likely N-dealkylation sites (N-methyl/N-ethyl adjacent to an activating group) is 1. The highest BCUT2D eigenvalue weighted by Gasteiger charge is 2.28. The van der Waals surface area contributed by atoms with E-state index in [2.05, 4.69) is 63.2 Å². The molecule has 21 heavy (non-hydrogen) atoms. The molecule has 1 aromatic heterocycles. The van der Waals surface area contributed by atoms with Crippen LogP contribution in [-0.2, 0) is 5.41 Å². The minimum Gasteiger partial charge on any atom is -0.352 e. The summed E-state index contributed by atoms with van der Waals surface area (Å²) >= 11 is 0. The van der Waals surface area contributed by atoms with E-state index >= 15 is 0 Å². The SMILES string of the molecule is CCNC(C)C1CCCCN1c1ccc(C(C)(C)C)cn1. The lowest BCUT2D eigenvalue weighted by Crippen LogP contribution is -2.51. The fraction of sp³-hybridized carbons (Fsp3) is 0.722. The Bertz CT molecular complexity index is 433. The quantitative estimate of drug-likeness (QED) is 0.915. The van der Waals surface area contributed by atoms with E-state index < -0.39 is 0 Å².